The molecule has 1 aliphatic rings. The zero-order valence-electron chi connectivity index (χ0n) is 12.0. The molecule has 0 radical (unpaired) electrons. The van der Waals surface area contributed by atoms with Gasteiger partial charge >= 0.3 is 0 Å². The van der Waals surface area contributed by atoms with E-state index < -0.39 is 0 Å². The molecule has 0 saturated heterocycles. The molecule has 0 aromatic carbocycles. The first-order chi connectivity index (χ1) is 8.45. The van der Waals surface area contributed by atoms with Crippen molar-refractivity contribution in [2.75, 3.05) is 40.0 Å². The smallest absolute Gasteiger partial charge is 0.248 e. The van der Waals surface area contributed by atoms with Crippen molar-refractivity contribution in [3.8, 4) is 0 Å². The van der Waals surface area contributed by atoms with Gasteiger partial charge in [-0.1, -0.05) is 32.4 Å². The molecule has 1 rings (SSSR count). The van der Waals surface area contributed by atoms with Gasteiger partial charge in [0, 0.05) is 20.2 Å². The lowest BCUT2D eigenvalue weighted by atomic mass is 9.83. The number of ether oxygens (including phenoxy) is 2. The monoisotopic (exact) mass is 255 g/mol. The molecule has 1 aliphatic heterocycles. The average Bonchev–Trinajstić information content (AvgIpc) is 2.33. The fourth-order valence-electron chi connectivity index (χ4n) is 1.97. The predicted octanol–water partition coefficient (Wildman–Crippen LogP) is 1.85. The SMILES string of the molecule is COCCOCC(=O)N1CC=C(C(C)(C)C)CC1. The van der Waals surface area contributed by atoms with E-state index in [2.05, 4.69) is 26.8 Å². The van der Waals surface area contributed by atoms with Crippen LogP contribution in [-0.4, -0.2) is 50.8 Å². The number of methoxy groups -OCH3 is 1. The Morgan fingerprint density at radius 3 is 2.61 bits per heavy atom. The lowest BCUT2D eigenvalue weighted by Gasteiger charge is -2.32. The van der Waals surface area contributed by atoms with Crippen LogP contribution in [0.3, 0.4) is 0 Å². The summed E-state index contributed by atoms with van der Waals surface area (Å²) in [6, 6.07) is 0. The van der Waals surface area contributed by atoms with E-state index in [0.717, 1.165) is 13.0 Å². The second-order valence-corrected chi connectivity index (χ2v) is 5.61. The molecule has 0 aromatic rings. The highest BCUT2D eigenvalue weighted by Gasteiger charge is 2.23. The molecule has 4 nitrogen and oxygen atoms in total. The van der Waals surface area contributed by atoms with Gasteiger partial charge in [0.2, 0.25) is 5.91 Å². The van der Waals surface area contributed by atoms with Crippen molar-refractivity contribution in [3.05, 3.63) is 11.6 Å². The molecule has 1 amide bonds. The maximum atomic E-state index is 11.8. The maximum absolute atomic E-state index is 11.8. The Morgan fingerprint density at radius 1 is 1.39 bits per heavy atom. The van der Waals surface area contributed by atoms with Crippen LogP contribution in [0.5, 0.6) is 0 Å². The summed E-state index contributed by atoms with van der Waals surface area (Å²) in [7, 11) is 1.62. The highest BCUT2D eigenvalue weighted by atomic mass is 16.5. The number of nitrogens with zero attached hydrogens (tertiary/aromatic N) is 1. The minimum atomic E-state index is 0.0651. The van der Waals surface area contributed by atoms with E-state index in [1.54, 1.807) is 7.11 Å². The average molecular weight is 255 g/mol. The maximum Gasteiger partial charge on any atom is 0.248 e. The van der Waals surface area contributed by atoms with Gasteiger partial charge in [-0.15, -0.1) is 0 Å². The van der Waals surface area contributed by atoms with Gasteiger partial charge in [-0.25, -0.2) is 0 Å². The van der Waals surface area contributed by atoms with E-state index in [4.69, 9.17) is 9.47 Å². The van der Waals surface area contributed by atoms with Crippen LogP contribution in [0.15, 0.2) is 11.6 Å². The quantitative estimate of drug-likeness (QED) is 0.556. The van der Waals surface area contributed by atoms with Crippen LogP contribution in [0.4, 0.5) is 0 Å². The van der Waals surface area contributed by atoms with Crippen LogP contribution in [0, 0.1) is 5.41 Å². The van der Waals surface area contributed by atoms with Gasteiger partial charge in [-0.05, 0) is 11.8 Å². The second-order valence-electron chi connectivity index (χ2n) is 5.61. The lowest BCUT2D eigenvalue weighted by Crippen LogP contribution is -2.38. The topological polar surface area (TPSA) is 38.8 Å². The first-order valence-corrected chi connectivity index (χ1v) is 6.49. The van der Waals surface area contributed by atoms with Crippen molar-refractivity contribution in [2.24, 2.45) is 5.41 Å². The zero-order valence-corrected chi connectivity index (χ0v) is 12.0. The fraction of sp³-hybridized carbons (Fsp3) is 0.786. The Bertz CT molecular complexity index is 305. The van der Waals surface area contributed by atoms with E-state index in [0.29, 0.717) is 19.8 Å². The van der Waals surface area contributed by atoms with Gasteiger partial charge in [0.05, 0.1) is 13.2 Å². The lowest BCUT2D eigenvalue weighted by molar-refractivity contribution is -0.136. The number of carbonyl (C=O) groups excluding carboxylic acids is 1. The highest BCUT2D eigenvalue weighted by Crippen LogP contribution is 2.29. The van der Waals surface area contributed by atoms with E-state index in [1.807, 2.05) is 4.90 Å². The van der Waals surface area contributed by atoms with Crippen LogP contribution in [0.1, 0.15) is 27.2 Å². The van der Waals surface area contributed by atoms with Crippen molar-refractivity contribution in [3.63, 3.8) is 0 Å². The Labute approximate surface area is 110 Å². The third kappa shape index (κ3) is 4.78. The third-order valence-corrected chi connectivity index (χ3v) is 3.18. The standard InChI is InChI=1S/C14H25NO3/c1-14(2,3)12-5-7-15(8-6-12)13(16)11-18-10-9-17-4/h5H,6-11H2,1-4H3. The van der Waals surface area contributed by atoms with Crippen LogP contribution in [-0.2, 0) is 14.3 Å². The van der Waals surface area contributed by atoms with Crippen molar-refractivity contribution >= 4 is 5.91 Å². The molecule has 0 aliphatic carbocycles. The first-order valence-electron chi connectivity index (χ1n) is 6.49. The number of hydrogen-bond acceptors (Lipinski definition) is 3. The Hall–Kier alpha value is -0.870. The molecule has 0 N–H and O–H groups in total. The van der Waals surface area contributed by atoms with Crippen LogP contribution < -0.4 is 0 Å². The molecule has 104 valence electrons. The number of hydrogen-bond donors (Lipinski definition) is 0. The summed E-state index contributed by atoms with van der Waals surface area (Å²) in [5, 5.41) is 0. The summed E-state index contributed by atoms with van der Waals surface area (Å²) < 4.78 is 10.1. The largest absolute Gasteiger partial charge is 0.382 e. The minimum Gasteiger partial charge on any atom is -0.382 e. The highest BCUT2D eigenvalue weighted by molar-refractivity contribution is 5.77. The number of carbonyl (C=O) groups is 1. The number of amides is 1. The number of rotatable bonds is 5. The summed E-state index contributed by atoms with van der Waals surface area (Å²) in [5.41, 5.74) is 1.65. The van der Waals surface area contributed by atoms with Crippen molar-refractivity contribution in [1.82, 2.24) is 4.90 Å². The Kier molecular flexibility index (Phi) is 5.82. The molecule has 1 heterocycles. The van der Waals surface area contributed by atoms with Gasteiger partial charge in [-0.3, -0.25) is 4.79 Å². The van der Waals surface area contributed by atoms with Gasteiger partial charge in [0.25, 0.3) is 0 Å². The zero-order chi connectivity index (χ0) is 13.6. The molecular weight excluding hydrogens is 230 g/mol. The Balaban J connectivity index is 2.34. The van der Waals surface area contributed by atoms with Crippen molar-refractivity contribution < 1.29 is 14.3 Å². The van der Waals surface area contributed by atoms with Gasteiger partial charge in [0.1, 0.15) is 6.61 Å². The van der Waals surface area contributed by atoms with Gasteiger partial charge in [-0.2, -0.15) is 0 Å². The summed E-state index contributed by atoms with van der Waals surface area (Å²) in [4.78, 5) is 13.7. The van der Waals surface area contributed by atoms with Gasteiger partial charge in [0.15, 0.2) is 0 Å². The predicted molar refractivity (Wildman–Crippen MR) is 71.4 cm³/mol. The molecule has 0 saturated carbocycles. The van der Waals surface area contributed by atoms with Crippen molar-refractivity contribution in [1.29, 1.82) is 0 Å². The molecule has 0 fully saturated rings. The molecule has 0 bridgehead atoms. The minimum absolute atomic E-state index is 0.0651. The van der Waals surface area contributed by atoms with E-state index in [1.165, 1.54) is 5.57 Å². The first kappa shape index (κ1) is 15.2. The molecule has 4 heteroatoms. The summed E-state index contributed by atoms with van der Waals surface area (Å²) in [6.07, 6.45) is 3.14. The fourth-order valence-corrected chi connectivity index (χ4v) is 1.97. The third-order valence-electron chi connectivity index (χ3n) is 3.18. The molecular formula is C14H25NO3. The molecule has 0 spiro atoms. The van der Waals surface area contributed by atoms with Crippen LogP contribution in [0.25, 0.3) is 0 Å². The van der Waals surface area contributed by atoms with Gasteiger partial charge < -0.3 is 14.4 Å². The van der Waals surface area contributed by atoms with E-state index in [9.17, 15) is 4.79 Å². The van der Waals surface area contributed by atoms with Crippen LogP contribution >= 0.6 is 0 Å². The Morgan fingerprint density at radius 2 is 2.11 bits per heavy atom. The van der Waals surface area contributed by atoms with E-state index in [-0.39, 0.29) is 17.9 Å². The molecule has 18 heavy (non-hydrogen) atoms. The van der Waals surface area contributed by atoms with E-state index >= 15 is 0 Å². The summed E-state index contributed by atoms with van der Waals surface area (Å²) >= 11 is 0. The summed E-state index contributed by atoms with van der Waals surface area (Å²) in [5.74, 6) is 0.0651. The van der Waals surface area contributed by atoms with Crippen LogP contribution in [0.2, 0.25) is 0 Å². The summed E-state index contributed by atoms with van der Waals surface area (Å²) in [6.45, 7) is 9.30. The normalized spacial score (nSPS) is 16.7. The van der Waals surface area contributed by atoms with Crippen molar-refractivity contribution in [2.45, 2.75) is 27.2 Å². The molecule has 0 aromatic heterocycles. The second kappa shape index (κ2) is 6.90. The molecule has 0 atom stereocenters. The molecule has 0 unspecified atom stereocenters.